The van der Waals surface area contributed by atoms with Gasteiger partial charge < -0.3 is 32.7 Å². The number of aliphatic hydroxyl groups is 2. The molecule has 2 N–H and O–H groups in total. The van der Waals surface area contributed by atoms with Crippen LogP contribution in [0.3, 0.4) is 0 Å². The minimum absolute atomic E-state index is 0.0408. The molecule has 0 bridgehead atoms. The van der Waals surface area contributed by atoms with Gasteiger partial charge in [-0.1, -0.05) is 0 Å². The Balaban J connectivity index is 4.03. The lowest BCUT2D eigenvalue weighted by molar-refractivity contribution is -0.148. The van der Waals surface area contributed by atoms with Gasteiger partial charge in [0.2, 0.25) is 0 Å². The molecule has 0 aromatic carbocycles. The van der Waals surface area contributed by atoms with E-state index in [2.05, 4.69) is 0 Å². The molecule has 0 aliphatic carbocycles. The molecule has 0 unspecified atom stereocenters. The zero-order chi connectivity index (χ0) is 17.9. The van der Waals surface area contributed by atoms with Gasteiger partial charge >= 0.3 is 29.1 Å². The predicted octanol–water partition coefficient (Wildman–Crippen LogP) is -0.489. The van der Waals surface area contributed by atoms with Crippen molar-refractivity contribution in [3.05, 3.63) is 0 Å². The van der Waals surface area contributed by atoms with Crippen LogP contribution >= 0.6 is 0 Å². The third-order valence-electron chi connectivity index (χ3n) is 2.34. The van der Waals surface area contributed by atoms with E-state index >= 15 is 0 Å². The summed E-state index contributed by atoms with van der Waals surface area (Å²) < 4.78 is 26.6. The van der Waals surface area contributed by atoms with Gasteiger partial charge in [0.1, 0.15) is 26.4 Å². The first-order valence-corrected chi connectivity index (χ1v) is 12.8. The summed E-state index contributed by atoms with van der Waals surface area (Å²) in [7, 11) is -4.95. The van der Waals surface area contributed by atoms with E-state index in [9.17, 15) is 9.59 Å². The minimum Gasteiger partial charge on any atom is -0.462 e. The van der Waals surface area contributed by atoms with Gasteiger partial charge in [-0.05, 0) is 26.2 Å². The summed E-state index contributed by atoms with van der Waals surface area (Å²) in [5.41, 5.74) is 0. The Bertz CT molecular complexity index is 340. The Labute approximate surface area is 137 Å². The van der Waals surface area contributed by atoms with Gasteiger partial charge in [-0.3, -0.25) is 0 Å². The Morgan fingerprint density at radius 2 is 1.09 bits per heavy atom. The lowest BCUT2D eigenvalue weighted by Crippen LogP contribution is -2.49. The van der Waals surface area contributed by atoms with Crippen LogP contribution in [0.4, 0.5) is 0 Å². The molecule has 0 amide bonds. The van der Waals surface area contributed by atoms with E-state index < -0.39 is 42.3 Å². The molecule has 0 spiro atoms. The molecule has 0 atom stereocenters. The highest BCUT2D eigenvalue weighted by Gasteiger charge is 2.36. The molecule has 0 fully saturated rings. The van der Waals surface area contributed by atoms with Crippen LogP contribution < -0.4 is 0 Å². The van der Waals surface area contributed by atoms with E-state index in [0.29, 0.717) is 0 Å². The van der Waals surface area contributed by atoms with E-state index in [4.69, 9.17) is 32.7 Å². The molecule has 0 aliphatic heterocycles. The van der Waals surface area contributed by atoms with Crippen LogP contribution in [0.25, 0.3) is 0 Å². The molecule has 23 heavy (non-hydrogen) atoms. The third kappa shape index (κ3) is 12.3. The van der Waals surface area contributed by atoms with Crippen molar-refractivity contribution >= 4 is 29.1 Å². The van der Waals surface area contributed by atoms with Crippen molar-refractivity contribution in [3.8, 4) is 0 Å². The second-order valence-corrected chi connectivity index (χ2v) is 12.3. The normalized spacial score (nSPS) is 12.1. The van der Waals surface area contributed by atoms with Crippen LogP contribution in [0.2, 0.25) is 26.2 Å². The molecular weight excluding hydrogens is 344 g/mol. The average molecular weight is 371 g/mol. The van der Waals surface area contributed by atoms with Gasteiger partial charge in [-0.15, -0.1) is 0 Å². The zero-order valence-electron chi connectivity index (χ0n) is 14.0. The van der Waals surface area contributed by atoms with Crippen LogP contribution in [0.15, 0.2) is 0 Å². The fourth-order valence-corrected chi connectivity index (χ4v) is 7.98. The van der Waals surface area contributed by atoms with Crippen molar-refractivity contribution in [2.24, 2.45) is 0 Å². The molecule has 11 heteroatoms. The summed E-state index contributed by atoms with van der Waals surface area (Å²) in [4.78, 5) is 21.5. The summed E-state index contributed by atoms with van der Waals surface area (Å²) in [6.07, 6.45) is 0. The van der Waals surface area contributed by atoms with Gasteiger partial charge in [-0.25, -0.2) is 9.59 Å². The van der Waals surface area contributed by atoms with Crippen molar-refractivity contribution in [1.82, 2.24) is 0 Å². The maximum atomic E-state index is 10.8. The summed E-state index contributed by atoms with van der Waals surface area (Å²) in [6, 6.07) is 0. The maximum absolute atomic E-state index is 10.8. The second kappa shape index (κ2) is 10.9. The standard InChI is InChI=1S/C12H26O9Si2/c1-22(2,19-7-5-17-11(15)9-13)21-23(3,4)20-8-6-18-12(16)10-14/h13-14H,5-10H2,1-4H3. The van der Waals surface area contributed by atoms with E-state index in [1.807, 2.05) is 26.2 Å². The van der Waals surface area contributed by atoms with E-state index in [1.165, 1.54) is 0 Å². The largest absolute Gasteiger partial charge is 0.462 e. The van der Waals surface area contributed by atoms with E-state index in [-0.39, 0.29) is 26.4 Å². The summed E-state index contributed by atoms with van der Waals surface area (Å²) in [5.74, 6) is -1.41. The third-order valence-corrected chi connectivity index (χ3v) is 8.07. The summed E-state index contributed by atoms with van der Waals surface area (Å²) >= 11 is 0. The van der Waals surface area contributed by atoms with Gasteiger partial charge in [0, 0.05) is 0 Å². The molecule has 136 valence electrons. The number of hydrogen-bond acceptors (Lipinski definition) is 9. The van der Waals surface area contributed by atoms with Gasteiger partial charge in [-0.2, -0.15) is 0 Å². The highest BCUT2D eigenvalue weighted by molar-refractivity contribution is 6.78. The zero-order valence-corrected chi connectivity index (χ0v) is 16.0. The van der Waals surface area contributed by atoms with Crippen LogP contribution in [-0.2, 0) is 32.0 Å². The van der Waals surface area contributed by atoms with E-state index in [0.717, 1.165) is 0 Å². The number of carbonyl (C=O) groups is 2. The van der Waals surface area contributed by atoms with Gasteiger partial charge in [0.05, 0.1) is 13.2 Å². The highest BCUT2D eigenvalue weighted by atomic mass is 28.5. The second-order valence-electron chi connectivity index (χ2n) is 5.36. The molecule has 0 aliphatic rings. The number of aliphatic hydroxyl groups excluding tert-OH is 2. The fourth-order valence-electron chi connectivity index (χ4n) is 1.63. The lowest BCUT2D eigenvalue weighted by atomic mass is 10.7. The minimum atomic E-state index is -2.47. The number of hydrogen-bond donors (Lipinski definition) is 2. The lowest BCUT2D eigenvalue weighted by Gasteiger charge is -2.32. The average Bonchev–Trinajstić information content (AvgIpc) is 2.46. The van der Waals surface area contributed by atoms with Crippen molar-refractivity contribution in [2.45, 2.75) is 26.2 Å². The van der Waals surface area contributed by atoms with Crippen LogP contribution in [0, 0.1) is 0 Å². The quantitative estimate of drug-likeness (QED) is 0.266. The number of carbonyl (C=O) groups excluding carboxylic acids is 2. The Hall–Kier alpha value is -0.826. The SMILES string of the molecule is C[Si](C)(OCCOC(=O)CO)O[Si](C)(C)OCCOC(=O)CO. The molecule has 0 saturated carbocycles. The number of rotatable bonds is 12. The Morgan fingerprint density at radius 3 is 1.39 bits per heavy atom. The molecule has 9 nitrogen and oxygen atoms in total. The first kappa shape index (κ1) is 22.2. The van der Waals surface area contributed by atoms with Crippen molar-refractivity contribution < 1.29 is 42.2 Å². The molecule has 0 radical (unpaired) electrons. The van der Waals surface area contributed by atoms with E-state index in [1.54, 1.807) is 0 Å². The Kier molecular flexibility index (Phi) is 10.5. The summed E-state index contributed by atoms with van der Waals surface area (Å²) in [6.45, 7) is 6.45. The number of ether oxygens (including phenoxy) is 2. The number of esters is 2. The topological polar surface area (TPSA) is 121 Å². The Morgan fingerprint density at radius 1 is 0.739 bits per heavy atom. The van der Waals surface area contributed by atoms with Crippen molar-refractivity contribution in [2.75, 3.05) is 39.6 Å². The monoisotopic (exact) mass is 370 g/mol. The fraction of sp³-hybridized carbons (Fsp3) is 0.833. The van der Waals surface area contributed by atoms with Crippen molar-refractivity contribution in [3.63, 3.8) is 0 Å². The molecule has 0 aromatic heterocycles. The first-order valence-electron chi connectivity index (χ1n) is 7.13. The van der Waals surface area contributed by atoms with Crippen LogP contribution in [0.5, 0.6) is 0 Å². The molecule has 0 saturated heterocycles. The molecule has 0 heterocycles. The van der Waals surface area contributed by atoms with Gasteiger partial charge in [0.15, 0.2) is 0 Å². The van der Waals surface area contributed by atoms with Crippen molar-refractivity contribution in [1.29, 1.82) is 0 Å². The molecule has 0 rings (SSSR count). The molecular formula is C12H26O9Si2. The smallest absolute Gasteiger partial charge is 0.331 e. The summed E-state index contributed by atoms with van der Waals surface area (Å²) in [5, 5.41) is 17.0. The highest BCUT2D eigenvalue weighted by Crippen LogP contribution is 2.16. The predicted molar refractivity (Wildman–Crippen MR) is 84.0 cm³/mol. The molecule has 0 aromatic rings. The first-order chi connectivity index (χ1) is 10.6. The van der Waals surface area contributed by atoms with Gasteiger partial charge in [0.25, 0.3) is 0 Å². The maximum Gasteiger partial charge on any atom is 0.331 e. The van der Waals surface area contributed by atoms with Crippen LogP contribution in [-0.4, -0.2) is 78.9 Å². The van der Waals surface area contributed by atoms with Crippen LogP contribution in [0.1, 0.15) is 0 Å².